The fraction of sp³-hybridized carbons (Fsp3) is 0.467. The minimum atomic E-state index is 0.0478. The van der Waals surface area contributed by atoms with Gasteiger partial charge in [-0.25, -0.2) is 4.98 Å². The van der Waals surface area contributed by atoms with Crippen LogP contribution in [0.1, 0.15) is 16.7 Å². The summed E-state index contributed by atoms with van der Waals surface area (Å²) in [6, 6.07) is 6.11. The Labute approximate surface area is 129 Å². The predicted octanol–water partition coefficient (Wildman–Crippen LogP) is 2.18. The first-order valence-corrected chi connectivity index (χ1v) is 7.96. The maximum Gasteiger partial charge on any atom is 0.128 e. The Morgan fingerprint density at radius 1 is 1.43 bits per heavy atom. The average Bonchev–Trinajstić information content (AvgIpc) is 3.00. The van der Waals surface area contributed by atoms with Gasteiger partial charge in [0.15, 0.2) is 0 Å². The predicted molar refractivity (Wildman–Crippen MR) is 84.6 cm³/mol. The molecule has 5 nitrogen and oxygen atoms in total. The zero-order valence-electron chi connectivity index (χ0n) is 12.4. The second kappa shape index (κ2) is 6.51. The molecule has 1 atom stereocenters. The summed E-state index contributed by atoms with van der Waals surface area (Å²) in [5, 5.41) is 0. The van der Waals surface area contributed by atoms with E-state index in [0.717, 1.165) is 37.8 Å². The molecule has 1 aliphatic rings. The summed E-state index contributed by atoms with van der Waals surface area (Å²) in [4.78, 5) is 14.6. The smallest absolute Gasteiger partial charge is 0.128 e. The molecule has 2 aromatic rings. The van der Waals surface area contributed by atoms with Crippen LogP contribution in [0.4, 0.5) is 5.82 Å². The first-order chi connectivity index (χ1) is 10.2. The van der Waals surface area contributed by atoms with Crippen LogP contribution in [0, 0.1) is 0 Å². The van der Waals surface area contributed by atoms with Gasteiger partial charge < -0.3 is 9.64 Å². The van der Waals surface area contributed by atoms with Gasteiger partial charge >= 0.3 is 0 Å². The Hall–Kier alpha value is -1.50. The van der Waals surface area contributed by atoms with Crippen molar-refractivity contribution in [2.75, 3.05) is 38.7 Å². The minimum Gasteiger partial charge on any atom is -0.369 e. The van der Waals surface area contributed by atoms with E-state index in [9.17, 15) is 0 Å². The summed E-state index contributed by atoms with van der Waals surface area (Å²) in [5.41, 5.74) is 2.89. The summed E-state index contributed by atoms with van der Waals surface area (Å²) in [5.74, 6) is 0.968. The van der Waals surface area contributed by atoms with E-state index in [1.54, 1.807) is 11.3 Å². The van der Waals surface area contributed by atoms with Crippen molar-refractivity contribution in [1.29, 1.82) is 0 Å². The zero-order valence-corrected chi connectivity index (χ0v) is 13.2. The molecule has 21 heavy (non-hydrogen) atoms. The molecule has 1 aliphatic heterocycles. The lowest BCUT2D eigenvalue weighted by Crippen LogP contribution is -2.38. The molecule has 1 unspecified atom stereocenters. The maximum atomic E-state index is 5.91. The highest BCUT2D eigenvalue weighted by atomic mass is 32.1. The van der Waals surface area contributed by atoms with Gasteiger partial charge in [-0.2, -0.15) is 0 Å². The molecule has 3 rings (SSSR count). The molecule has 0 amide bonds. The van der Waals surface area contributed by atoms with Crippen LogP contribution < -0.4 is 4.90 Å². The number of rotatable bonds is 4. The van der Waals surface area contributed by atoms with E-state index >= 15 is 0 Å². The van der Waals surface area contributed by atoms with Crippen LogP contribution in [0.25, 0.3) is 0 Å². The lowest BCUT2D eigenvalue weighted by atomic mass is 10.2. The molecule has 6 heteroatoms. The molecule has 0 spiro atoms. The van der Waals surface area contributed by atoms with Crippen LogP contribution in [-0.4, -0.2) is 48.7 Å². The van der Waals surface area contributed by atoms with E-state index in [1.165, 1.54) is 4.88 Å². The molecule has 112 valence electrons. The monoisotopic (exact) mass is 304 g/mol. The van der Waals surface area contributed by atoms with Crippen molar-refractivity contribution >= 4 is 17.2 Å². The molecule has 0 bridgehead atoms. The number of pyridine rings is 1. The lowest BCUT2D eigenvalue weighted by Gasteiger charge is -2.32. The zero-order chi connectivity index (χ0) is 14.7. The molecule has 1 saturated heterocycles. The van der Waals surface area contributed by atoms with Crippen LogP contribution in [0.3, 0.4) is 0 Å². The summed E-state index contributed by atoms with van der Waals surface area (Å²) >= 11 is 1.70. The highest BCUT2D eigenvalue weighted by Crippen LogP contribution is 2.24. The van der Waals surface area contributed by atoms with Gasteiger partial charge in [0.25, 0.3) is 0 Å². The Balaban J connectivity index is 1.69. The van der Waals surface area contributed by atoms with Crippen LogP contribution >= 0.6 is 11.3 Å². The molecule has 0 aliphatic carbocycles. The second-order valence-electron chi connectivity index (χ2n) is 5.38. The largest absolute Gasteiger partial charge is 0.369 e. The van der Waals surface area contributed by atoms with Crippen molar-refractivity contribution in [2.24, 2.45) is 0 Å². The van der Waals surface area contributed by atoms with Gasteiger partial charge in [-0.1, -0.05) is 6.07 Å². The van der Waals surface area contributed by atoms with E-state index in [1.807, 2.05) is 48.9 Å². The number of anilines is 1. The van der Waals surface area contributed by atoms with Crippen molar-refractivity contribution in [2.45, 2.75) is 12.6 Å². The number of nitrogens with zero attached hydrogens (tertiary/aromatic N) is 4. The van der Waals surface area contributed by atoms with Crippen molar-refractivity contribution in [3.63, 3.8) is 0 Å². The van der Waals surface area contributed by atoms with E-state index < -0.39 is 0 Å². The van der Waals surface area contributed by atoms with Gasteiger partial charge in [-0.3, -0.25) is 9.88 Å². The number of aromatic nitrogens is 2. The van der Waals surface area contributed by atoms with Crippen molar-refractivity contribution in [3.8, 4) is 0 Å². The third kappa shape index (κ3) is 3.58. The molecule has 0 aromatic carbocycles. The normalized spacial score (nSPS) is 19.6. The Morgan fingerprint density at radius 2 is 2.33 bits per heavy atom. The number of hydrogen-bond donors (Lipinski definition) is 0. The van der Waals surface area contributed by atoms with Gasteiger partial charge in [0.2, 0.25) is 0 Å². The third-order valence-corrected chi connectivity index (χ3v) is 4.32. The van der Waals surface area contributed by atoms with Crippen molar-refractivity contribution in [3.05, 3.63) is 40.5 Å². The summed E-state index contributed by atoms with van der Waals surface area (Å²) in [6.45, 7) is 3.53. The number of morpholine rings is 1. The van der Waals surface area contributed by atoms with Gasteiger partial charge in [-0.15, -0.1) is 11.3 Å². The maximum absolute atomic E-state index is 5.91. The highest BCUT2D eigenvalue weighted by Gasteiger charge is 2.23. The van der Waals surface area contributed by atoms with Crippen molar-refractivity contribution in [1.82, 2.24) is 14.9 Å². The lowest BCUT2D eigenvalue weighted by molar-refractivity contribution is -0.0346. The van der Waals surface area contributed by atoms with Gasteiger partial charge in [0.1, 0.15) is 11.9 Å². The minimum absolute atomic E-state index is 0.0478. The number of ether oxygens (including phenoxy) is 1. The van der Waals surface area contributed by atoms with Crippen LogP contribution in [-0.2, 0) is 11.3 Å². The fourth-order valence-corrected chi connectivity index (χ4v) is 3.07. The molecule has 0 saturated carbocycles. The Bertz CT molecular complexity index is 573. The molecule has 0 radical (unpaired) electrons. The fourth-order valence-electron chi connectivity index (χ4n) is 2.43. The van der Waals surface area contributed by atoms with E-state index in [-0.39, 0.29) is 6.10 Å². The first kappa shape index (κ1) is 14.4. The number of hydrogen-bond acceptors (Lipinski definition) is 6. The van der Waals surface area contributed by atoms with Crippen LogP contribution in [0.15, 0.2) is 29.9 Å². The summed E-state index contributed by atoms with van der Waals surface area (Å²) in [6.07, 6.45) is 1.99. The van der Waals surface area contributed by atoms with Crippen molar-refractivity contribution < 1.29 is 4.74 Å². The third-order valence-electron chi connectivity index (χ3n) is 3.56. The van der Waals surface area contributed by atoms with E-state index in [2.05, 4.69) is 9.88 Å². The first-order valence-electron chi connectivity index (χ1n) is 7.08. The Morgan fingerprint density at radius 3 is 3.10 bits per heavy atom. The molecule has 0 N–H and O–H groups in total. The number of thiazole rings is 1. The van der Waals surface area contributed by atoms with Crippen LogP contribution in [0.5, 0.6) is 0 Å². The van der Waals surface area contributed by atoms with E-state index in [4.69, 9.17) is 9.72 Å². The average molecular weight is 304 g/mol. The molecular weight excluding hydrogens is 284 g/mol. The second-order valence-corrected chi connectivity index (χ2v) is 6.35. The summed E-state index contributed by atoms with van der Waals surface area (Å²) < 4.78 is 5.91. The molecule has 1 fully saturated rings. The van der Waals surface area contributed by atoms with Gasteiger partial charge in [-0.05, 0) is 12.1 Å². The van der Waals surface area contributed by atoms with Crippen LogP contribution in [0.2, 0.25) is 0 Å². The Kier molecular flexibility index (Phi) is 4.48. The molecular formula is C15H20N4OS. The highest BCUT2D eigenvalue weighted by molar-refractivity contribution is 7.09. The summed E-state index contributed by atoms with van der Waals surface area (Å²) in [7, 11) is 4.01. The molecule has 3 heterocycles. The standard InChI is InChI=1S/C15H20N4OS/c1-18(2)15-5-3-4-13(17-15)14-10-19(6-7-20-14)9-12-8-16-11-21-12/h3-5,8,11,14H,6-7,9-10H2,1-2H3. The van der Waals surface area contributed by atoms with Gasteiger partial charge in [0, 0.05) is 44.8 Å². The quantitative estimate of drug-likeness (QED) is 0.866. The SMILES string of the molecule is CN(C)c1cccc(C2CN(Cc3cncs3)CCO2)n1. The van der Waals surface area contributed by atoms with Gasteiger partial charge in [0.05, 0.1) is 17.8 Å². The molecule has 2 aromatic heterocycles. The topological polar surface area (TPSA) is 41.5 Å². The van der Waals surface area contributed by atoms with E-state index in [0.29, 0.717) is 0 Å².